The van der Waals surface area contributed by atoms with E-state index in [1.54, 1.807) is 0 Å². The number of nitrogens with one attached hydrogen (secondary N) is 1. The van der Waals surface area contributed by atoms with Crippen LogP contribution in [-0.4, -0.2) is 68.6 Å². The van der Waals surface area contributed by atoms with E-state index in [4.69, 9.17) is 4.74 Å². The van der Waals surface area contributed by atoms with Crippen molar-refractivity contribution >= 4 is 31.9 Å². The van der Waals surface area contributed by atoms with E-state index in [9.17, 15) is 5.11 Å². The number of anilines is 2. The van der Waals surface area contributed by atoms with Gasteiger partial charge in [-0.1, -0.05) is 0 Å². The summed E-state index contributed by atoms with van der Waals surface area (Å²) in [5.41, 5.74) is 1.77. The molecule has 0 saturated carbocycles. The van der Waals surface area contributed by atoms with Crippen molar-refractivity contribution in [1.29, 1.82) is 0 Å². The van der Waals surface area contributed by atoms with Crippen LogP contribution < -0.4 is 9.80 Å². The Kier molecular flexibility index (Phi) is 7.24. The number of nitrogens with zero attached hydrogens (tertiary/aromatic N) is 3. The summed E-state index contributed by atoms with van der Waals surface area (Å²) >= 11 is 0.0613. The van der Waals surface area contributed by atoms with Crippen molar-refractivity contribution in [2.24, 2.45) is 0 Å². The molecule has 133 valence electrons. The molecule has 1 radical (unpaired) electrons. The zero-order chi connectivity index (χ0) is 17.3. The molecule has 1 fully saturated rings. The average Bonchev–Trinajstić information content (AvgIpc) is 2.67. The van der Waals surface area contributed by atoms with Crippen molar-refractivity contribution in [3.63, 3.8) is 0 Å². The Labute approximate surface area is 155 Å². The molecule has 0 aliphatic carbocycles. The molecule has 0 spiro atoms. The van der Waals surface area contributed by atoms with E-state index in [1.807, 2.05) is 36.5 Å². The van der Waals surface area contributed by atoms with Gasteiger partial charge in [0.05, 0.1) is 0 Å². The molecule has 7 heteroatoms. The summed E-state index contributed by atoms with van der Waals surface area (Å²) in [5, 5.41) is 13.7. The number of aromatic nitrogens is 2. The number of hydrogen-bond acceptors (Lipinski definition) is 6. The summed E-state index contributed by atoms with van der Waals surface area (Å²) < 4.78 is 6.53. The van der Waals surface area contributed by atoms with Crippen LogP contribution in [0, 0.1) is 0 Å². The van der Waals surface area contributed by atoms with Gasteiger partial charge in [0.1, 0.15) is 0 Å². The second-order valence-corrected chi connectivity index (χ2v) is 8.47. The van der Waals surface area contributed by atoms with Crippen molar-refractivity contribution in [3.05, 3.63) is 42.1 Å². The molecule has 6 nitrogen and oxygen atoms in total. The molecule has 0 unspecified atom stereocenters. The monoisotopic (exact) mass is 403 g/mol. The maximum atomic E-state index is 9.22. The molecule has 1 aliphatic rings. The van der Waals surface area contributed by atoms with Crippen LogP contribution in [-0.2, 0) is 11.3 Å². The van der Waals surface area contributed by atoms with Gasteiger partial charge in [-0.2, -0.15) is 0 Å². The van der Waals surface area contributed by atoms with Crippen LogP contribution in [0.2, 0.25) is 5.21 Å². The Hall–Kier alpha value is -1.46. The molecule has 0 bridgehead atoms. The third-order valence-corrected chi connectivity index (χ3v) is 6.35. The molecule has 2 heterocycles. The van der Waals surface area contributed by atoms with E-state index < -0.39 is 0 Å². The van der Waals surface area contributed by atoms with Crippen LogP contribution in [0.1, 0.15) is 12.0 Å². The van der Waals surface area contributed by atoms with Crippen LogP contribution in [0.3, 0.4) is 0 Å². The first-order chi connectivity index (χ1) is 12.3. The quantitative estimate of drug-likeness (QED) is 0.510. The molecule has 1 aromatic heterocycles. The molecular weight excluding hydrogens is 379 g/mol. The summed E-state index contributed by atoms with van der Waals surface area (Å²) in [7, 11) is 0. The Balaban J connectivity index is 1.47. The Bertz CT molecular complexity index is 665. The molecule has 0 atom stereocenters. The van der Waals surface area contributed by atoms with Crippen LogP contribution >= 0.6 is 0 Å². The van der Waals surface area contributed by atoms with E-state index in [0.29, 0.717) is 5.95 Å². The Morgan fingerprint density at radius 1 is 1.24 bits per heavy atom. The second kappa shape index (κ2) is 9.88. The van der Waals surface area contributed by atoms with Crippen LogP contribution in [0.25, 0.3) is 0 Å². The minimum absolute atomic E-state index is 0.0320. The fraction of sp³-hybridized carbons (Fsp3) is 0.444. The maximum absolute atomic E-state index is 9.22. The van der Waals surface area contributed by atoms with Gasteiger partial charge in [-0.05, 0) is 0 Å². The van der Waals surface area contributed by atoms with Gasteiger partial charge in [0.2, 0.25) is 0 Å². The first kappa shape index (κ1) is 18.3. The van der Waals surface area contributed by atoms with E-state index in [2.05, 4.69) is 20.2 Å². The number of morpholine rings is 1. The Morgan fingerprint density at radius 3 is 2.96 bits per heavy atom. The summed E-state index contributed by atoms with van der Waals surface area (Å²) in [6.45, 7) is 5.04. The summed E-state index contributed by atoms with van der Waals surface area (Å²) in [5.74, 6) is 0.621. The number of aliphatic hydroxyl groups excluding tert-OH is 1. The third kappa shape index (κ3) is 6.08. The zero-order valence-corrected chi connectivity index (χ0v) is 16.1. The number of rotatable bonds is 8. The minimum atomic E-state index is 0.0320. The van der Waals surface area contributed by atoms with Crippen molar-refractivity contribution < 1.29 is 9.84 Å². The van der Waals surface area contributed by atoms with Crippen molar-refractivity contribution in [1.82, 2.24) is 14.9 Å². The number of benzene rings is 1. The second-order valence-electron chi connectivity index (χ2n) is 5.91. The van der Waals surface area contributed by atoms with Gasteiger partial charge in [-0.25, -0.2) is 0 Å². The Morgan fingerprint density at radius 2 is 2.12 bits per heavy atom. The molecule has 1 aliphatic heterocycles. The average molecular weight is 403 g/mol. The van der Waals surface area contributed by atoms with Crippen molar-refractivity contribution in [2.75, 3.05) is 38.2 Å². The molecule has 2 aromatic rings. The van der Waals surface area contributed by atoms with Gasteiger partial charge >= 0.3 is 155 Å². The molecular formula is C18H24AsN4O2. The predicted molar refractivity (Wildman–Crippen MR) is 99.8 cm³/mol. The van der Waals surface area contributed by atoms with Crippen molar-refractivity contribution in [3.8, 4) is 0 Å². The molecule has 3 rings (SSSR count). The number of ether oxygens (including phenoxy) is 1. The molecule has 1 saturated heterocycles. The van der Waals surface area contributed by atoms with Gasteiger partial charge in [0, 0.05) is 0 Å². The zero-order valence-electron chi connectivity index (χ0n) is 14.3. The number of aliphatic hydroxyl groups is 1. The van der Waals surface area contributed by atoms with Crippen LogP contribution in [0.15, 0.2) is 36.5 Å². The van der Waals surface area contributed by atoms with Gasteiger partial charge in [-0.3, -0.25) is 0 Å². The first-order valence-corrected chi connectivity index (χ1v) is 10.9. The first-order valence-electron chi connectivity index (χ1n) is 8.61. The van der Waals surface area contributed by atoms with Gasteiger partial charge < -0.3 is 0 Å². The van der Waals surface area contributed by atoms with Gasteiger partial charge in [0.15, 0.2) is 0 Å². The summed E-state index contributed by atoms with van der Waals surface area (Å²) in [6.07, 6.45) is 3.03. The van der Waals surface area contributed by atoms with Crippen molar-refractivity contribution in [2.45, 2.75) is 18.2 Å². The standard InChI is InChI=1S/C18H24AsN4O2/c24-14-15-3-1-4-16(13-15)21-18-20-7-5-17(22-18)19-6-2-8-23-9-11-25-12-10-23/h1,3-5,7,13,24H,2,6,8-12,14H2,(H,20,21,22). The van der Waals surface area contributed by atoms with E-state index in [0.717, 1.165) is 48.6 Å². The summed E-state index contributed by atoms with van der Waals surface area (Å²) in [4.78, 5) is 11.4. The topological polar surface area (TPSA) is 70.5 Å². The van der Waals surface area contributed by atoms with Crippen LogP contribution in [0.5, 0.6) is 0 Å². The molecule has 25 heavy (non-hydrogen) atoms. The molecule has 1 aromatic carbocycles. The molecule has 0 amide bonds. The van der Waals surface area contributed by atoms with E-state index >= 15 is 0 Å². The molecule has 2 N–H and O–H groups in total. The SMILES string of the molecule is OCc1cccc(Nc2nccc([As]CCCN3CCOCC3)n2)c1. The van der Waals surface area contributed by atoms with Gasteiger partial charge in [-0.15, -0.1) is 0 Å². The number of hydrogen-bond donors (Lipinski definition) is 2. The van der Waals surface area contributed by atoms with E-state index in [-0.39, 0.29) is 22.4 Å². The van der Waals surface area contributed by atoms with Crippen LogP contribution in [0.4, 0.5) is 11.6 Å². The van der Waals surface area contributed by atoms with Gasteiger partial charge in [0.25, 0.3) is 0 Å². The fourth-order valence-corrected chi connectivity index (χ4v) is 4.50. The predicted octanol–water partition coefficient (Wildman–Crippen LogP) is 1.18. The summed E-state index contributed by atoms with van der Waals surface area (Å²) in [6, 6.07) is 9.68. The van der Waals surface area contributed by atoms with E-state index in [1.165, 1.54) is 11.6 Å². The fourth-order valence-electron chi connectivity index (χ4n) is 2.69. The third-order valence-electron chi connectivity index (χ3n) is 4.02. The normalized spacial score (nSPS) is 15.7.